The van der Waals surface area contributed by atoms with Crippen LogP contribution in [-0.4, -0.2) is 25.7 Å². The van der Waals surface area contributed by atoms with Gasteiger partial charge in [0.1, 0.15) is 5.75 Å². The molecule has 0 aliphatic heterocycles. The lowest BCUT2D eigenvalue weighted by molar-refractivity contribution is -0.173. The lowest BCUT2D eigenvalue weighted by atomic mass is 9.96. The fourth-order valence-electron chi connectivity index (χ4n) is 2.74. The first-order valence-electron chi connectivity index (χ1n) is 6.93. The van der Waals surface area contributed by atoms with Crippen LogP contribution in [0.1, 0.15) is 36.3 Å². The van der Waals surface area contributed by atoms with Gasteiger partial charge in [-0.3, -0.25) is 4.79 Å². The second-order valence-electron chi connectivity index (χ2n) is 5.20. The number of nitrogens with one attached hydrogen (secondary N) is 1. The molecule has 0 heterocycles. The zero-order valence-corrected chi connectivity index (χ0v) is 11.8. The molecule has 0 radical (unpaired) electrons. The van der Waals surface area contributed by atoms with Gasteiger partial charge in [0.25, 0.3) is 0 Å². The molecule has 0 saturated heterocycles. The van der Waals surface area contributed by atoms with Gasteiger partial charge in [-0.25, -0.2) is 0 Å². The van der Waals surface area contributed by atoms with E-state index in [9.17, 15) is 18.0 Å². The molecule has 3 nitrogen and oxygen atoms in total. The van der Waals surface area contributed by atoms with E-state index in [0.29, 0.717) is 12.3 Å². The number of aryl methyl sites for hydroxylation is 1. The molecular weight excluding hydrogens is 283 g/mol. The van der Waals surface area contributed by atoms with Crippen LogP contribution in [0.2, 0.25) is 0 Å². The number of carbonyl (C=O) groups is 1. The predicted molar refractivity (Wildman–Crippen MR) is 72.4 cm³/mol. The van der Waals surface area contributed by atoms with Gasteiger partial charge < -0.3 is 10.1 Å². The minimum atomic E-state index is -4.80. The van der Waals surface area contributed by atoms with Crippen LogP contribution in [0.15, 0.2) is 18.2 Å². The van der Waals surface area contributed by atoms with E-state index < -0.39 is 12.1 Å². The molecule has 21 heavy (non-hydrogen) atoms. The minimum absolute atomic E-state index is 0.0497. The monoisotopic (exact) mass is 301 g/mol. The van der Waals surface area contributed by atoms with Crippen molar-refractivity contribution < 1.29 is 22.7 Å². The number of hydrogen-bond donors (Lipinski definition) is 1. The number of benzene rings is 1. The number of hydrogen-bond acceptors (Lipinski definition) is 2. The quantitative estimate of drug-likeness (QED) is 0.848. The highest BCUT2D eigenvalue weighted by molar-refractivity contribution is 5.81. The van der Waals surface area contributed by atoms with Crippen molar-refractivity contribution in [2.45, 2.75) is 37.8 Å². The molecule has 1 N–H and O–H groups in total. The lowest BCUT2D eigenvalue weighted by Crippen LogP contribution is -2.37. The standard InChI is InChI=1S/C15H18F3NO2/c1-21-12-7-6-11-5-4-10(13(11)9-12)3-2-8-19-14(20)15(16,17)18/h6-7,9-10H,2-5,8H2,1H3,(H,19,20)/t10-/m0/s1. The van der Waals surface area contributed by atoms with E-state index in [0.717, 1.165) is 25.0 Å². The van der Waals surface area contributed by atoms with E-state index in [4.69, 9.17) is 4.74 Å². The number of carbonyl (C=O) groups excluding carboxylic acids is 1. The van der Waals surface area contributed by atoms with Gasteiger partial charge in [0, 0.05) is 6.54 Å². The van der Waals surface area contributed by atoms with Crippen molar-refractivity contribution in [2.75, 3.05) is 13.7 Å². The molecule has 0 bridgehead atoms. The van der Waals surface area contributed by atoms with Crippen molar-refractivity contribution in [3.8, 4) is 5.75 Å². The highest BCUT2D eigenvalue weighted by Crippen LogP contribution is 2.38. The number of rotatable bonds is 5. The zero-order valence-electron chi connectivity index (χ0n) is 11.8. The Bertz CT molecular complexity index is 514. The molecule has 1 amide bonds. The van der Waals surface area contributed by atoms with Gasteiger partial charge in [-0.1, -0.05) is 6.07 Å². The second kappa shape index (κ2) is 6.37. The Balaban J connectivity index is 1.83. The van der Waals surface area contributed by atoms with Crippen LogP contribution in [0, 0.1) is 0 Å². The third-order valence-corrected chi connectivity index (χ3v) is 3.83. The molecule has 0 aromatic heterocycles. The molecule has 0 spiro atoms. The highest BCUT2D eigenvalue weighted by atomic mass is 19.4. The molecular formula is C15H18F3NO2. The maximum absolute atomic E-state index is 12.0. The first-order valence-corrected chi connectivity index (χ1v) is 6.93. The van der Waals surface area contributed by atoms with Crippen LogP contribution in [0.5, 0.6) is 5.75 Å². The lowest BCUT2D eigenvalue weighted by Gasteiger charge is -2.13. The number of fused-ring (bicyclic) bond motifs is 1. The molecule has 2 rings (SSSR count). The topological polar surface area (TPSA) is 38.3 Å². The Labute approximate surface area is 121 Å². The van der Waals surface area contributed by atoms with Gasteiger partial charge >= 0.3 is 12.1 Å². The smallest absolute Gasteiger partial charge is 0.471 e. The summed E-state index contributed by atoms with van der Waals surface area (Å²) < 4.78 is 41.3. The summed E-state index contributed by atoms with van der Waals surface area (Å²) in [6.07, 6.45) is -1.52. The number of methoxy groups -OCH3 is 1. The van der Waals surface area contributed by atoms with Gasteiger partial charge in [-0.2, -0.15) is 13.2 Å². The number of ether oxygens (including phenoxy) is 1. The molecule has 116 valence electrons. The molecule has 0 fully saturated rings. The van der Waals surface area contributed by atoms with Crippen LogP contribution in [0.25, 0.3) is 0 Å². The van der Waals surface area contributed by atoms with Crippen LogP contribution < -0.4 is 10.1 Å². The molecule has 1 aromatic carbocycles. The van der Waals surface area contributed by atoms with Crippen LogP contribution in [0.4, 0.5) is 13.2 Å². The number of alkyl halides is 3. The maximum atomic E-state index is 12.0. The molecule has 1 aromatic rings. The molecule has 6 heteroatoms. The van der Waals surface area contributed by atoms with Gasteiger partial charge in [0.2, 0.25) is 0 Å². The minimum Gasteiger partial charge on any atom is -0.497 e. The largest absolute Gasteiger partial charge is 0.497 e. The van der Waals surface area contributed by atoms with Crippen LogP contribution in [-0.2, 0) is 11.2 Å². The molecule has 1 atom stereocenters. The van der Waals surface area contributed by atoms with Gasteiger partial charge in [0.15, 0.2) is 0 Å². The fraction of sp³-hybridized carbons (Fsp3) is 0.533. The number of halogens is 3. The van der Waals surface area contributed by atoms with Crippen molar-refractivity contribution in [3.05, 3.63) is 29.3 Å². The summed E-state index contributed by atoms with van der Waals surface area (Å²) in [5.41, 5.74) is 2.50. The summed E-state index contributed by atoms with van der Waals surface area (Å²) >= 11 is 0. The summed E-state index contributed by atoms with van der Waals surface area (Å²) in [6, 6.07) is 5.96. The first kappa shape index (κ1) is 15.7. The molecule has 0 unspecified atom stereocenters. The van der Waals surface area contributed by atoms with E-state index in [-0.39, 0.29) is 6.54 Å². The summed E-state index contributed by atoms with van der Waals surface area (Å²) in [7, 11) is 1.61. The normalized spacial score (nSPS) is 17.4. The Morgan fingerprint density at radius 3 is 2.86 bits per heavy atom. The van der Waals surface area contributed by atoms with Gasteiger partial charge in [-0.15, -0.1) is 0 Å². The van der Waals surface area contributed by atoms with Crippen molar-refractivity contribution in [1.82, 2.24) is 5.32 Å². The van der Waals surface area contributed by atoms with Gasteiger partial charge in [-0.05, 0) is 54.9 Å². The predicted octanol–water partition coefficient (Wildman–Crippen LogP) is 3.18. The number of amides is 1. The Kier molecular flexibility index (Phi) is 4.75. The van der Waals surface area contributed by atoms with E-state index in [1.807, 2.05) is 23.5 Å². The van der Waals surface area contributed by atoms with E-state index >= 15 is 0 Å². The average Bonchev–Trinajstić information content (AvgIpc) is 2.84. The summed E-state index contributed by atoms with van der Waals surface area (Å²) in [6.45, 7) is 0.0497. The van der Waals surface area contributed by atoms with Crippen molar-refractivity contribution in [2.24, 2.45) is 0 Å². The summed E-state index contributed by atoms with van der Waals surface area (Å²) in [5.74, 6) is -0.736. The first-order chi connectivity index (χ1) is 9.91. The van der Waals surface area contributed by atoms with Crippen LogP contribution >= 0.6 is 0 Å². The van der Waals surface area contributed by atoms with E-state index in [1.165, 1.54) is 11.1 Å². The highest BCUT2D eigenvalue weighted by Gasteiger charge is 2.38. The molecule has 0 saturated carbocycles. The zero-order chi connectivity index (χ0) is 15.5. The van der Waals surface area contributed by atoms with Gasteiger partial charge in [0.05, 0.1) is 7.11 Å². The summed E-state index contributed by atoms with van der Waals surface area (Å²) in [4.78, 5) is 10.7. The SMILES string of the molecule is COc1ccc2c(c1)[C@@H](CCCNC(=O)C(F)(F)F)CC2. The van der Waals surface area contributed by atoms with Crippen molar-refractivity contribution >= 4 is 5.91 Å². The summed E-state index contributed by atoms with van der Waals surface area (Å²) in [5, 5.41) is 1.90. The van der Waals surface area contributed by atoms with Crippen molar-refractivity contribution in [1.29, 1.82) is 0 Å². The third-order valence-electron chi connectivity index (χ3n) is 3.83. The Morgan fingerprint density at radius 1 is 1.43 bits per heavy atom. The van der Waals surface area contributed by atoms with Crippen LogP contribution in [0.3, 0.4) is 0 Å². The van der Waals surface area contributed by atoms with E-state index in [2.05, 4.69) is 0 Å². The average molecular weight is 301 g/mol. The molecule has 1 aliphatic carbocycles. The fourth-order valence-corrected chi connectivity index (χ4v) is 2.74. The van der Waals surface area contributed by atoms with E-state index in [1.54, 1.807) is 7.11 Å². The Morgan fingerprint density at radius 2 is 2.19 bits per heavy atom. The molecule has 1 aliphatic rings. The second-order valence-corrected chi connectivity index (χ2v) is 5.20. The maximum Gasteiger partial charge on any atom is 0.471 e. The Hall–Kier alpha value is -1.72. The van der Waals surface area contributed by atoms with Crippen molar-refractivity contribution in [3.63, 3.8) is 0 Å². The third kappa shape index (κ3) is 3.89.